The van der Waals surface area contributed by atoms with Crippen LogP contribution in [0.25, 0.3) is 11.4 Å². The highest BCUT2D eigenvalue weighted by Crippen LogP contribution is 2.25. The molecule has 0 saturated heterocycles. The van der Waals surface area contributed by atoms with E-state index in [0.717, 1.165) is 22.6 Å². The maximum atomic E-state index is 5.30. The highest BCUT2D eigenvalue weighted by atomic mass is 32.1. The van der Waals surface area contributed by atoms with E-state index in [-0.39, 0.29) is 0 Å². The van der Waals surface area contributed by atoms with Crippen LogP contribution in [-0.2, 0) is 0 Å². The number of rotatable bonds is 1. The highest BCUT2D eigenvalue weighted by Gasteiger charge is 2.11. The summed E-state index contributed by atoms with van der Waals surface area (Å²) in [7, 11) is 0. The first-order chi connectivity index (χ1) is 7.49. The summed E-state index contributed by atoms with van der Waals surface area (Å²) in [6.07, 6.45) is 0. The van der Waals surface area contributed by atoms with Gasteiger partial charge in [-0.15, -0.1) is 0 Å². The first-order valence-corrected chi connectivity index (χ1v) is 5.91. The van der Waals surface area contributed by atoms with E-state index in [4.69, 9.17) is 12.2 Å². The lowest BCUT2D eigenvalue weighted by atomic mass is 10.0. The summed E-state index contributed by atoms with van der Waals surface area (Å²) < 4.78 is 0.710. The van der Waals surface area contributed by atoms with Crippen molar-refractivity contribution in [2.24, 2.45) is 0 Å². The van der Waals surface area contributed by atoms with Crippen molar-refractivity contribution in [3.05, 3.63) is 33.6 Å². The second-order valence-corrected chi connectivity index (χ2v) is 4.94. The summed E-state index contributed by atoms with van der Waals surface area (Å²) >= 11 is 5.30. The van der Waals surface area contributed by atoms with Gasteiger partial charge in [-0.05, 0) is 43.0 Å². The SMILES string of the molecule is Cc1cc2cc(C(C)C)c(=S)nc-2[nH]c1C. The minimum absolute atomic E-state index is 0.422. The molecule has 84 valence electrons. The molecular weight excluding hydrogens is 216 g/mol. The molecule has 3 heteroatoms. The monoisotopic (exact) mass is 232 g/mol. The third kappa shape index (κ3) is 1.87. The Kier molecular flexibility index (Phi) is 2.80. The van der Waals surface area contributed by atoms with Gasteiger partial charge >= 0.3 is 0 Å². The molecule has 0 aromatic heterocycles. The summed E-state index contributed by atoms with van der Waals surface area (Å²) in [6, 6.07) is 4.31. The summed E-state index contributed by atoms with van der Waals surface area (Å²) in [4.78, 5) is 7.75. The lowest BCUT2D eigenvalue weighted by molar-refractivity contribution is 0.851. The first-order valence-electron chi connectivity index (χ1n) is 5.50. The number of nitrogens with one attached hydrogen (secondary N) is 1. The average molecular weight is 232 g/mol. The fourth-order valence-corrected chi connectivity index (χ4v) is 2.16. The Labute approximate surface area is 101 Å². The lowest BCUT2D eigenvalue weighted by Gasteiger charge is -2.12. The molecule has 0 atom stereocenters. The fourth-order valence-electron chi connectivity index (χ4n) is 1.77. The Morgan fingerprint density at radius 1 is 1.25 bits per heavy atom. The highest BCUT2D eigenvalue weighted by molar-refractivity contribution is 7.71. The van der Waals surface area contributed by atoms with Gasteiger partial charge in [-0.1, -0.05) is 26.1 Å². The Morgan fingerprint density at radius 3 is 2.56 bits per heavy atom. The van der Waals surface area contributed by atoms with Gasteiger partial charge in [0.1, 0.15) is 10.5 Å². The number of nitrogens with zero attached hydrogens (tertiary/aromatic N) is 1. The van der Waals surface area contributed by atoms with Crippen molar-refractivity contribution >= 4 is 12.2 Å². The zero-order chi connectivity index (χ0) is 11.9. The summed E-state index contributed by atoms with van der Waals surface area (Å²) in [5.41, 5.74) is 4.69. The van der Waals surface area contributed by atoms with Crippen LogP contribution < -0.4 is 0 Å². The Bertz CT molecular complexity index is 555. The van der Waals surface area contributed by atoms with Crippen LogP contribution in [-0.4, -0.2) is 9.97 Å². The van der Waals surface area contributed by atoms with E-state index in [2.05, 4.69) is 49.8 Å². The molecule has 0 spiro atoms. The molecule has 2 rings (SSSR count). The van der Waals surface area contributed by atoms with Crippen LogP contribution in [0.15, 0.2) is 12.1 Å². The predicted molar refractivity (Wildman–Crippen MR) is 69.6 cm³/mol. The van der Waals surface area contributed by atoms with Crippen LogP contribution in [0.1, 0.15) is 36.6 Å². The Morgan fingerprint density at radius 2 is 1.94 bits per heavy atom. The van der Waals surface area contributed by atoms with Gasteiger partial charge in [-0.3, -0.25) is 0 Å². The number of hydrogen-bond acceptors (Lipinski definition) is 2. The molecule has 0 radical (unpaired) electrons. The molecule has 2 nitrogen and oxygen atoms in total. The van der Waals surface area contributed by atoms with Crippen molar-refractivity contribution in [1.29, 1.82) is 0 Å². The number of pyridine rings is 2. The molecule has 0 aliphatic carbocycles. The van der Waals surface area contributed by atoms with E-state index in [1.54, 1.807) is 0 Å². The number of aryl methyl sites for hydroxylation is 2. The largest absolute Gasteiger partial charge is 0.343 e. The molecule has 0 fully saturated rings. The molecule has 1 N–H and O–H groups in total. The van der Waals surface area contributed by atoms with E-state index < -0.39 is 0 Å². The third-order valence-corrected chi connectivity index (χ3v) is 3.26. The van der Waals surface area contributed by atoms with E-state index >= 15 is 0 Å². The van der Waals surface area contributed by atoms with Crippen molar-refractivity contribution < 1.29 is 0 Å². The maximum Gasteiger partial charge on any atom is 0.139 e. The van der Waals surface area contributed by atoms with Crippen LogP contribution in [0.4, 0.5) is 0 Å². The number of hydrogen-bond donors (Lipinski definition) is 1. The zero-order valence-corrected chi connectivity index (χ0v) is 10.9. The summed E-state index contributed by atoms with van der Waals surface area (Å²) in [5, 5.41) is 0. The smallest absolute Gasteiger partial charge is 0.139 e. The van der Waals surface area contributed by atoms with Crippen molar-refractivity contribution in [1.82, 2.24) is 9.97 Å². The lowest BCUT2D eigenvalue weighted by Crippen LogP contribution is -2.00. The van der Waals surface area contributed by atoms with Gasteiger partial charge in [0, 0.05) is 11.3 Å². The van der Waals surface area contributed by atoms with Crippen LogP contribution in [0.3, 0.4) is 0 Å². The molecule has 0 unspecified atom stereocenters. The number of fused-ring (bicyclic) bond motifs is 1. The van der Waals surface area contributed by atoms with E-state index in [1.165, 1.54) is 5.56 Å². The average Bonchev–Trinajstić information content (AvgIpc) is 2.19. The predicted octanol–water partition coefficient (Wildman–Crippen LogP) is 3.98. The minimum atomic E-state index is 0.422. The van der Waals surface area contributed by atoms with Crippen molar-refractivity contribution in [2.75, 3.05) is 0 Å². The number of H-pyrrole nitrogens is 1. The number of aromatic nitrogens is 2. The van der Waals surface area contributed by atoms with Gasteiger partial charge in [0.25, 0.3) is 0 Å². The summed E-state index contributed by atoms with van der Waals surface area (Å²) in [5.74, 6) is 1.31. The van der Waals surface area contributed by atoms with Crippen LogP contribution in [0.5, 0.6) is 0 Å². The molecule has 2 heterocycles. The van der Waals surface area contributed by atoms with Crippen LogP contribution in [0.2, 0.25) is 0 Å². The molecule has 0 aromatic carbocycles. The van der Waals surface area contributed by atoms with Gasteiger partial charge in [0.2, 0.25) is 0 Å². The minimum Gasteiger partial charge on any atom is -0.343 e. The molecule has 16 heavy (non-hydrogen) atoms. The Hall–Kier alpha value is -1.22. The molecule has 0 aromatic rings. The van der Waals surface area contributed by atoms with Crippen molar-refractivity contribution in [2.45, 2.75) is 33.6 Å². The van der Waals surface area contributed by atoms with Crippen LogP contribution >= 0.6 is 12.2 Å². The van der Waals surface area contributed by atoms with E-state index in [1.807, 2.05) is 0 Å². The molecule has 2 aliphatic rings. The second kappa shape index (κ2) is 3.98. The zero-order valence-electron chi connectivity index (χ0n) is 10.1. The molecular formula is C13H16N2S. The maximum absolute atomic E-state index is 5.30. The van der Waals surface area contributed by atoms with Crippen molar-refractivity contribution in [3.63, 3.8) is 0 Å². The van der Waals surface area contributed by atoms with E-state index in [9.17, 15) is 0 Å². The Balaban J connectivity index is 2.76. The van der Waals surface area contributed by atoms with Gasteiger partial charge in [0.05, 0.1) is 0 Å². The van der Waals surface area contributed by atoms with E-state index in [0.29, 0.717) is 10.6 Å². The quantitative estimate of drug-likeness (QED) is 0.753. The van der Waals surface area contributed by atoms with Gasteiger partial charge in [0.15, 0.2) is 0 Å². The van der Waals surface area contributed by atoms with Gasteiger partial charge in [-0.2, -0.15) is 0 Å². The molecule has 0 bridgehead atoms. The first kappa shape index (κ1) is 11.3. The van der Waals surface area contributed by atoms with Crippen LogP contribution in [0, 0.1) is 18.5 Å². The summed E-state index contributed by atoms with van der Waals surface area (Å²) in [6.45, 7) is 8.44. The molecule has 0 saturated carbocycles. The van der Waals surface area contributed by atoms with Gasteiger partial charge < -0.3 is 4.98 Å². The number of aromatic amines is 1. The molecule has 0 amide bonds. The standard InChI is InChI=1S/C13H16N2S/c1-7(2)11-6-10-5-8(3)9(4)14-12(10)15-13(11)16/h5-7H,1-4H3,(H,14,15,16). The second-order valence-electron chi connectivity index (χ2n) is 4.55. The fraction of sp³-hybridized carbons (Fsp3) is 0.385. The third-order valence-electron chi connectivity index (χ3n) is 2.94. The topological polar surface area (TPSA) is 28.7 Å². The molecule has 2 aliphatic heterocycles. The van der Waals surface area contributed by atoms with Crippen molar-refractivity contribution in [3.8, 4) is 11.4 Å². The normalized spacial score (nSPS) is 11.3. The van der Waals surface area contributed by atoms with Gasteiger partial charge in [-0.25, -0.2) is 4.98 Å².